The lowest BCUT2D eigenvalue weighted by atomic mass is 10.2. The minimum absolute atomic E-state index is 0.455. The predicted molar refractivity (Wildman–Crippen MR) is 63.0 cm³/mol. The van der Waals surface area contributed by atoms with Gasteiger partial charge in [-0.25, -0.2) is 0 Å². The second-order valence-electron chi connectivity index (χ2n) is 3.53. The lowest BCUT2D eigenvalue weighted by Gasteiger charge is -2.17. The quantitative estimate of drug-likeness (QED) is 0.750. The summed E-state index contributed by atoms with van der Waals surface area (Å²) in [7, 11) is 1.98. The van der Waals surface area contributed by atoms with Crippen LogP contribution < -0.4 is 4.90 Å². The summed E-state index contributed by atoms with van der Waals surface area (Å²) in [5.74, 6) is 0. The fourth-order valence-electron chi connectivity index (χ4n) is 1.33. The predicted octanol–water partition coefficient (Wildman–Crippen LogP) is 2.15. The first-order chi connectivity index (χ1) is 7.19. The van der Waals surface area contributed by atoms with Gasteiger partial charge in [-0.2, -0.15) is 0 Å². The maximum Gasteiger partial charge on any atom is 0.0957 e. The van der Waals surface area contributed by atoms with Crippen molar-refractivity contribution < 1.29 is 5.11 Å². The van der Waals surface area contributed by atoms with Crippen LogP contribution in [0.3, 0.4) is 0 Å². The summed E-state index contributed by atoms with van der Waals surface area (Å²) in [5.41, 5.74) is 1.76. The molecule has 3 nitrogen and oxygen atoms in total. The monoisotopic (exact) mass is 206 g/mol. The summed E-state index contributed by atoms with van der Waals surface area (Å²) < 4.78 is 0. The van der Waals surface area contributed by atoms with Crippen molar-refractivity contribution in [3.05, 3.63) is 36.7 Å². The molecule has 1 heterocycles. The number of aliphatic hydroxyl groups is 1. The second-order valence-corrected chi connectivity index (χ2v) is 3.53. The fraction of sp³-hybridized carbons (Fsp3) is 0.417. The summed E-state index contributed by atoms with van der Waals surface area (Å²) >= 11 is 0. The van der Waals surface area contributed by atoms with E-state index < -0.39 is 6.10 Å². The molecule has 0 aromatic carbocycles. The van der Waals surface area contributed by atoms with Crippen LogP contribution in [0.25, 0.3) is 0 Å². The van der Waals surface area contributed by atoms with Gasteiger partial charge in [0.05, 0.1) is 23.7 Å². The SMILES string of the molecule is C=CCN(C)c1ccc(C(O)CC)nc1. The Morgan fingerprint density at radius 3 is 2.80 bits per heavy atom. The van der Waals surface area contributed by atoms with Crippen LogP contribution >= 0.6 is 0 Å². The summed E-state index contributed by atoms with van der Waals surface area (Å²) in [6.07, 6.45) is 3.85. The normalized spacial score (nSPS) is 12.2. The van der Waals surface area contributed by atoms with E-state index >= 15 is 0 Å². The van der Waals surface area contributed by atoms with Gasteiger partial charge in [-0.05, 0) is 18.6 Å². The molecular formula is C12H18N2O. The van der Waals surface area contributed by atoms with Crippen molar-refractivity contribution >= 4 is 5.69 Å². The largest absolute Gasteiger partial charge is 0.387 e. The zero-order valence-corrected chi connectivity index (χ0v) is 9.35. The van der Waals surface area contributed by atoms with E-state index in [1.165, 1.54) is 0 Å². The minimum atomic E-state index is -0.455. The van der Waals surface area contributed by atoms with E-state index in [0.717, 1.165) is 17.9 Å². The number of anilines is 1. The van der Waals surface area contributed by atoms with E-state index in [1.807, 2.05) is 37.1 Å². The van der Waals surface area contributed by atoms with Crippen LogP contribution in [-0.4, -0.2) is 23.7 Å². The molecule has 82 valence electrons. The van der Waals surface area contributed by atoms with Gasteiger partial charge in [0.15, 0.2) is 0 Å². The van der Waals surface area contributed by atoms with Gasteiger partial charge >= 0.3 is 0 Å². The van der Waals surface area contributed by atoms with Gasteiger partial charge in [-0.1, -0.05) is 13.0 Å². The summed E-state index contributed by atoms with van der Waals surface area (Å²) in [4.78, 5) is 6.27. The molecule has 0 radical (unpaired) electrons. The Labute approximate surface area is 91.1 Å². The van der Waals surface area contributed by atoms with Crippen LogP contribution in [0.4, 0.5) is 5.69 Å². The van der Waals surface area contributed by atoms with Crippen molar-refractivity contribution in [1.82, 2.24) is 4.98 Å². The van der Waals surface area contributed by atoms with Crippen LogP contribution in [0, 0.1) is 0 Å². The Kier molecular flexibility index (Phi) is 4.31. The number of likely N-dealkylation sites (N-methyl/N-ethyl adjacent to an activating group) is 1. The molecule has 0 aliphatic heterocycles. The molecule has 3 heteroatoms. The lowest BCUT2D eigenvalue weighted by molar-refractivity contribution is 0.169. The third kappa shape index (κ3) is 3.06. The molecule has 1 atom stereocenters. The highest BCUT2D eigenvalue weighted by atomic mass is 16.3. The van der Waals surface area contributed by atoms with E-state index in [-0.39, 0.29) is 0 Å². The maximum absolute atomic E-state index is 9.57. The van der Waals surface area contributed by atoms with Crippen molar-refractivity contribution in [3.8, 4) is 0 Å². The van der Waals surface area contributed by atoms with E-state index in [4.69, 9.17) is 0 Å². The fourth-order valence-corrected chi connectivity index (χ4v) is 1.33. The zero-order valence-electron chi connectivity index (χ0n) is 9.35. The molecule has 1 unspecified atom stereocenters. The second kappa shape index (κ2) is 5.51. The molecule has 1 aromatic rings. The molecule has 0 aliphatic carbocycles. The molecule has 0 spiro atoms. The molecule has 0 saturated carbocycles. The Hall–Kier alpha value is -1.35. The average Bonchev–Trinajstić information content (AvgIpc) is 2.28. The highest BCUT2D eigenvalue weighted by Crippen LogP contribution is 2.17. The van der Waals surface area contributed by atoms with Gasteiger partial charge < -0.3 is 10.0 Å². The van der Waals surface area contributed by atoms with Crippen LogP contribution in [0.1, 0.15) is 25.1 Å². The number of aromatic nitrogens is 1. The first kappa shape index (κ1) is 11.7. The Morgan fingerprint density at radius 1 is 1.60 bits per heavy atom. The summed E-state index contributed by atoms with van der Waals surface area (Å²) in [5, 5.41) is 9.57. The number of aliphatic hydroxyl groups excluding tert-OH is 1. The molecule has 0 bridgehead atoms. The Balaban J connectivity index is 2.75. The van der Waals surface area contributed by atoms with Gasteiger partial charge in [-0.15, -0.1) is 6.58 Å². The molecule has 1 aromatic heterocycles. The van der Waals surface area contributed by atoms with E-state index in [1.54, 1.807) is 6.20 Å². The van der Waals surface area contributed by atoms with Crippen LogP contribution in [0.2, 0.25) is 0 Å². The van der Waals surface area contributed by atoms with Gasteiger partial charge in [0.1, 0.15) is 0 Å². The molecule has 0 amide bonds. The number of hydrogen-bond donors (Lipinski definition) is 1. The summed E-state index contributed by atoms with van der Waals surface area (Å²) in [6, 6.07) is 3.83. The van der Waals surface area contributed by atoms with Crippen molar-refractivity contribution in [2.45, 2.75) is 19.4 Å². The van der Waals surface area contributed by atoms with Crippen LogP contribution in [0.15, 0.2) is 31.0 Å². The first-order valence-corrected chi connectivity index (χ1v) is 5.15. The van der Waals surface area contributed by atoms with Crippen molar-refractivity contribution in [1.29, 1.82) is 0 Å². The number of nitrogens with zero attached hydrogens (tertiary/aromatic N) is 2. The number of rotatable bonds is 5. The van der Waals surface area contributed by atoms with Gasteiger partial charge in [0, 0.05) is 13.6 Å². The Bertz CT molecular complexity index is 308. The summed E-state index contributed by atoms with van der Waals surface area (Å²) in [6.45, 7) is 6.41. The highest BCUT2D eigenvalue weighted by Gasteiger charge is 2.06. The van der Waals surface area contributed by atoms with Gasteiger partial charge in [0.2, 0.25) is 0 Å². The minimum Gasteiger partial charge on any atom is -0.387 e. The standard InChI is InChI=1S/C12H18N2O/c1-4-8-14(3)10-6-7-11(13-9-10)12(15)5-2/h4,6-7,9,12,15H,1,5,8H2,2-3H3. The molecule has 15 heavy (non-hydrogen) atoms. The smallest absolute Gasteiger partial charge is 0.0957 e. The zero-order chi connectivity index (χ0) is 11.3. The number of pyridine rings is 1. The third-order valence-corrected chi connectivity index (χ3v) is 2.34. The molecule has 1 N–H and O–H groups in total. The third-order valence-electron chi connectivity index (χ3n) is 2.34. The lowest BCUT2D eigenvalue weighted by Crippen LogP contribution is -2.16. The van der Waals surface area contributed by atoms with E-state index in [0.29, 0.717) is 6.42 Å². The van der Waals surface area contributed by atoms with Gasteiger partial charge in [-0.3, -0.25) is 4.98 Å². The van der Waals surface area contributed by atoms with Crippen LogP contribution in [-0.2, 0) is 0 Å². The Morgan fingerprint density at radius 2 is 2.33 bits per heavy atom. The number of hydrogen-bond acceptors (Lipinski definition) is 3. The van der Waals surface area contributed by atoms with Crippen LogP contribution in [0.5, 0.6) is 0 Å². The average molecular weight is 206 g/mol. The van der Waals surface area contributed by atoms with Crippen molar-refractivity contribution in [2.24, 2.45) is 0 Å². The van der Waals surface area contributed by atoms with Crippen molar-refractivity contribution in [2.75, 3.05) is 18.5 Å². The molecule has 0 saturated heterocycles. The highest BCUT2D eigenvalue weighted by molar-refractivity contribution is 5.44. The molecule has 0 aliphatic rings. The van der Waals surface area contributed by atoms with Crippen molar-refractivity contribution in [3.63, 3.8) is 0 Å². The topological polar surface area (TPSA) is 36.4 Å². The van der Waals surface area contributed by atoms with E-state index in [2.05, 4.69) is 11.6 Å². The van der Waals surface area contributed by atoms with Gasteiger partial charge in [0.25, 0.3) is 0 Å². The molecule has 0 fully saturated rings. The molecular weight excluding hydrogens is 188 g/mol. The molecule has 1 rings (SSSR count). The van der Waals surface area contributed by atoms with E-state index in [9.17, 15) is 5.11 Å². The maximum atomic E-state index is 9.57. The first-order valence-electron chi connectivity index (χ1n) is 5.15.